The molecule has 0 unspecified atom stereocenters. The van der Waals surface area contributed by atoms with Crippen molar-refractivity contribution in [2.75, 3.05) is 0 Å². The largest absolute Gasteiger partial charge is 0.0654 e. The average molecular weight is 618 g/mol. The maximum atomic E-state index is 2.41. The van der Waals surface area contributed by atoms with Gasteiger partial charge in [-0.05, 0) is 36.8 Å². The number of unbranched alkanes of at least 4 members (excludes halogenated alkanes) is 32. The molecule has 0 bridgehead atoms. The monoisotopic (exact) mass is 618 g/mol. The van der Waals surface area contributed by atoms with Crippen LogP contribution in [0.15, 0.2) is 24.3 Å². The predicted octanol–water partition coefficient (Wildman–Crippen LogP) is 15.7. The van der Waals surface area contributed by atoms with E-state index in [2.05, 4.69) is 38.1 Å². The third-order valence-corrected chi connectivity index (χ3v) is 10.2. The Hall–Kier alpha value is -0.183. The summed E-state index contributed by atoms with van der Waals surface area (Å²) < 4.78 is 0. The van der Waals surface area contributed by atoms with Crippen LogP contribution in [0.1, 0.15) is 243 Å². The van der Waals surface area contributed by atoms with Gasteiger partial charge in [0.25, 0.3) is 0 Å². The van der Waals surface area contributed by atoms with Gasteiger partial charge < -0.3 is 0 Å². The zero-order valence-corrected chi connectivity index (χ0v) is 31.8. The Morgan fingerprint density at radius 1 is 0.267 bits per heavy atom. The fourth-order valence-electron chi connectivity index (χ4n) is 7.13. The maximum absolute atomic E-state index is 2.41. The van der Waals surface area contributed by atoms with Crippen LogP contribution in [0, 0.1) is 0 Å². The van der Waals surface area contributed by atoms with Gasteiger partial charge in [0.2, 0.25) is 0 Å². The Morgan fingerprint density at radius 3 is 0.644 bits per heavy atom. The first-order chi connectivity index (χ1) is 21.9. The van der Waals surface area contributed by atoms with E-state index in [1.54, 1.807) is 11.1 Å². The van der Waals surface area contributed by atoms with Crippen molar-refractivity contribution in [3.05, 3.63) is 35.4 Å². The quantitative estimate of drug-likeness (QED) is 0.0519. The summed E-state index contributed by atoms with van der Waals surface area (Å²) in [5.74, 6) is 0. The van der Waals surface area contributed by atoms with E-state index in [1.807, 2.05) is 0 Å². The topological polar surface area (TPSA) is 0 Å². The molecule has 0 saturated carbocycles. The first kappa shape index (κ1) is 44.8. The number of rotatable bonds is 36. The van der Waals surface area contributed by atoms with Crippen molar-refractivity contribution >= 4 is 18.9 Å². The molecule has 0 saturated heterocycles. The van der Waals surface area contributed by atoms with E-state index in [9.17, 15) is 0 Å². The van der Waals surface area contributed by atoms with Gasteiger partial charge >= 0.3 is 0 Å². The number of benzene rings is 1. The van der Waals surface area contributed by atoms with E-state index in [1.165, 1.54) is 231 Å². The van der Waals surface area contributed by atoms with Crippen molar-refractivity contribution in [2.45, 2.75) is 245 Å². The smallest absolute Gasteiger partial charge is 0 e. The summed E-state index contributed by atoms with van der Waals surface area (Å²) in [6, 6.07) is 9.35. The molecule has 0 aliphatic rings. The molecule has 259 valence electrons. The van der Waals surface area contributed by atoms with E-state index in [0.29, 0.717) is 0 Å². The van der Waals surface area contributed by atoms with Gasteiger partial charge in [-0.15, -0.1) is 0 Å². The second-order valence-electron chi connectivity index (χ2n) is 14.6. The summed E-state index contributed by atoms with van der Waals surface area (Å²) in [4.78, 5) is 0. The van der Waals surface area contributed by atoms with Gasteiger partial charge in [0.15, 0.2) is 0 Å². The molecule has 1 heteroatoms. The second kappa shape index (κ2) is 38.3. The molecule has 0 nitrogen and oxygen atoms in total. The number of aryl methyl sites for hydroxylation is 2. The van der Waals surface area contributed by atoms with Crippen molar-refractivity contribution in [3.63, 3.8) is 0 Å². The molecule has 45 heavy (non-hydrogen) atoms. The first-order valence-electron chi connectivity index (χ1n) is 20.9. The number of hydrogen-bond donors (Lipinski definition) is 0. The Labute approximate surface area is 298 Å². The van der Waals surface area contributed by atoms with E-state index < -0.39 is 0 Å². The summed E-state index contributed by atoms with van der Waals surface area (Å²) in [5.41, 5.74) is 3.29. The molecule has 1 rings (SSSR count). The Kier molecular flexibility index (Phi) is 38.1. The summed E-state index contributed by atoms with van der Waals surface area (Å²) in [5, 5.41) is 0. The van der Waals surface area contributed by atoms with Crippen LogP contribution < -0.4 is 0 Å². The van der Waals surface area contributed by atoms with Crippen LogP contribution in [0.25, 0.3) is 0 Å². The average Bonchev–Trinajstić information content (AvgIpc) is 3.04. The molecule has 0 aromatic heterocycles. The molecular weight excluding hydrogens is 535 g/mol. The molecule has 0 amide bonds. The Morgan fingerprint density at radius 2 is 0.444 bits per heavy atom. The molecular formula is C44H82Li. The van der Waals surface area contributed by atoms with Crippen LogP contribution in [0.5, 0.6) is 0 Å². The minimum absolute atomic E-state index is 0. The van der Waals surface area contributed by atoms with Crippen LogP contribution >= 0.6 is 0 Å². The summed E-state index contributed by atoms with van der Waals surface area (Å²) in [6.45, 7) is 4.62. The molecule has 0 heterocycles. The third-order valence-electron chi connectivity index (χ3n) is 10.2. The summed E-state index contributed by atoms with van der Waals surface area (Å²) >= 11 is 0. The van der Waals surface area contributed by atoms with Crippen molar-refractivity contribution in [1.29, 1.82) is 0 Å². The van der Waals surface area contributed by atoms with Crippen LogP contribution in [-0.2, 0) is 12.8 Å². The van der Waals surface area contributed by atoms with Gasteiger partial charge in [-0.25, -0.2) is 0 Å². The van der Waals surface area contributed by atoms with Crippen molar-refractivity contribution in [3.8, 4) is 0 Å². The predicted molar refractivity (Wildman–Crippen MR) is 208 cm³/mol. The van der Waals surface area contributed by atoms with Crippen LogP contribution in [0.3, 0.4) is 0 Å². The molecule has 0 spiro atoms. The van der Waals surface area contributed by atoms with Gasteiger partial charge in [-0.3, -0.25) is 0 Å². The van der Waals surface area contributed by atoms with Crippen molar-refractivity contribution in [2.24, 2.45) is 0 Å². The molecule has 1 aromatic carbocycles. The molecule has 0 fully saturated rings. The SMILES string of the molecule is CCCCCCCCCCCCCCCCCCCc1ccccc1CCCCCCCCCCCCCCCCCCC.[Li]. The summed E-state index contributed by atoms with van der Waals surface area (Å²) in [7, 11) is 0. The molecule has 0 aliphatic heterocycles. The zero-order chi connectivity index (χ0) is 31.4. The minimum Gasteiger partial charge on any atom is -0.0654 e. The Balaban J connectivity index is 0.0000194. The Bertz CT molecular complexity index is 610. The molecule has 0 atom stereocenters. The number of hydrogen-bond acceptors (Lipinski definition) is 0. The van der Waals surface area contributed by atoms with Crippen molar-refractivity contribution < 1.29 is 0 Å². The maximum Gasteiger partial charge on any atom is 0 e. The van der Waals surface area contributed by atoms with Crippen LogP contribution in [0.4, 0.5) is 0 Å². The van der Waals surface area contributed by atoms with Gasteiger partial charge in [-0.2, -0.15) is 0 Å². The fourth-order valence-corrected chi connectivity index (χ4v) is 7.13. The fraction of sp³-hybridized carbons (Fsp3) is 0.864. The first-order valence-corrected chi connectivity index (χ1v) is 20.9. The normalized spacial score (nSPS) is 11.2. The second-order valence-corrected chi connectivity index (χ2v) is 14.6. The zero-order valence-electron chi connectivity index (χ0n) is 31.8. The van der Waals surface area contributed by atoms with Gasteiger partial charge in [0.1, 0.15) is 0 Å². The van der Waals surface area contributed by atoms with Gasteiger partial charge in [0.05, 0.1) is 0 Å². The third kappa shape index (κ3) is 32.2. The van der Waals surface area contributed by atoms with Crippen molar-refractivity contribution in [1.82, 2.24) is 0 Å². The molecule has 1 radical (unpaired) electrons. The summed E-state index contributed by atoms with van der Waals surface area (Å²) in [6.07, 6.45) is 52.1. The molecule has 1 aromatic rings. The molecule has 0 aliphatic carbocycles. The van der Waals surface area contributed by atoms with E-state index in [0.717, 1.165) is 0 Å². The minimum atomic E-state index is 0. The van der Waals surface area contributed by atoms with E-state index in [-0.39, 0.29) is 18.9 Å². The van der Waals surface area contributed by atoms with E-state index in [4.69, 9.17) is 0 Å². The standard InChI is InChI=1S/C44H82.Li/c1-3-5-7-9-11-13-15-17-19-21-23-25-27-29-31-33-35-39-43-41-37-38-42-44(43)40-36-34-32-30-28-26-24-22-20-18-16-14-12-10-8-6-4-2;/h37-38,41-42H,3-36,39-40H2,1-2H3;. The van der Waals surface area contributed by atoms with Crippen LogP contribution in [-0.4, -0.2) is 18.9 Å². The van der Waals surface area contributed by atoms with Crippen LogP contribution in [0.2, 0.25) is 0 Å². The molecule has 0 N–H and O–H groups in total. The van der Waals surface area contributed by atoms with Gasteiger partial charge in [-0.1, -0.05) is 244 Å². The van der Waals surface area contributed by atoms with Gasteiger partial charge in [0, 0.05) is 18.9 Å². The van der Waals surface area contributed by atoms with E-state index >= 15 is 0 Å².